The number of benzene rings is 1. The number of nitrogens with one attached hydrogen (secondary N) is 1. The van der Waals surface area contributed by atoms with Gasteiger partial charge in [0.25, 0.3) is 0 Å². The molecule has 2 nitrogen and oxygen atoms in total. The summed E-state index contributed by atoms with van der Waals surface area (Å²) in [5.74, 6) is -1.06. The highest BCUT2D eigenvalue weighted by molar-refractivity contribution is 5.19. The average Bonchev–Trinajstić information content (AvgIpc) is 2.95. The first-order valence-electron chi connectivity index (χ1n) is 4.93. The molecule has 0 amide bonds. The summed E-state index contributed by atoms with van der Waals surface area (Å²) in [5.41, 5.74) is 0.655. The van der Waals surface area contributed by atoms with Gasteiger partial charge < -0.3 is 10.1 Å². The maximum absolute atomic E-state index is 12.9. The highest BCUT2D eigenvalue weighted by atomic mass is 19.1. The molecule has 0 aromatic heterocycles. The highest BCUT2D eigenvalue weighted by Gasteiger charge is 2.31. The van der Waals surface area contributed by atoms with E-state index in [2.05, 4.69) is 5.32 Å². The van der Waals surface area contributed by atoms with Gasteiger partial charge in [0, 0.05) is 12.1 Å². The van der Waals surface area contributed by atoms with Crippen LogP contribution in [0.1, 0.15) is 5.56 Å². The molecule has 2 atom stereocenters. The molecule has 1 aromatic rings. The third-order valence-electron chi connectivity index (χ3n) is 2.56. The molecule has 1 N–H and O–H groups in total. The quantitative estimate of drug-likeness (QED) is 0.766. The Morgan fingerprint density at radius 2 is 2.00 bits per heavy atom. The van der Waals surface area contributed by atoms with Crippen LogP contribution in [0.2, 0.25) is 0 Å². The van der Waals surface area contributed by atoms with Crippen LogP contribution in [0.5, 0.6) is 0 Å². The molecule has 0 spiro atoms. The molecule has 0 radical (unpaired) electrons. The molecule has 1 saturated heterocycles. The van der Waals surface area contributed by atoms with E-state index in [1.807, 2.05) is 7.05 Å². The number of epoxide rings is 1. The molecule has 4 heteroatoms. The van der Waals surface area contributed by atoms with E-state index >= 15 is 0 Å². The van der Waals surface area contributed by atoms with Gasteiger partial charge in [0.2, 0.25) is 0 Å². The second-order valence-electron chi connectivity index (χ2n) is 3.75. The fourth-order valence-electron chi connectivity index (χ4n) is 1.69. The summed E-state index contributed by atoms with van der Waals surface area (Å²) in [5, 5.41) is 3.08. The predicted octanol–water partition coefficient (Wildman–Crippen LogP) is 1.49. The van der Waals surface area contributed by atoms with E-state index in [-0.39, 0.29) is 12.1 Å². The Bertz CT molecular complexity index is 332. The molecule has 2 rings (SSSR count). The molecule has 1 heterocycles. The fraction of sp³-hybridized carbons (Fsp3) is 0.455. The van der Waals surface area contributed by atoms with E-state index in [0.29, 0.717) is 12.0 Å². The van der Waals surface area contributed by atoms with Crippen LogP contribution in [0.25, 0.3) is 0 Å². The van der Waals surface area contributed by atoms with Crippen LogP contribution in [0.4, 0.5) is 8.78 Å². The first-order valence-corrected chi connectivity index (χ1v) is 4.93. The Morgan fingerprint density at radius 3 is 2.47 bits per heavy atom. The lowest BCUT2D eigenvalue weighted by Gasteiger charge is -2.13. The molecule has 1 fully saturated rings. The first kappa shape index (κ1) is 10.5. The number of likely N-dealkylation sites (N-methyl/N-ethyl adjacent to an activating group) is 1. The Labute approximate surface area is 87.2 Å². The minimum Gasteiger partial charge on any atom is -0.371 e. The molecule has 1 aliphatic rings. The fourth-order valence-corrected chi connectivity index (χ4v) is 1.69. The van der Waals surface area contributed by atoms with Crippen molar-refractivity contribution in [2.24, 2.45) is 0 Å². The zero-order valence-electron chi connectivity index (χ0n) is 8.47. The zero-order valence-corrected chi connectivity index (χ0v) is 8.47. The zero-order chi connectivity index (χ0) is 10.8. The number of hydrogen-bond acceptors (Lipinski definition) is 2. The second kappa shape index (κ2) is 4.24. The van der Waals surface area contributed by atoms with Crippen LogP contribution in [0.3, 0.4) is 0 Å². The molecule has 82 valence electrons. The van der Waals surface area contributed by atoms with Crippen molar-refractivity contribution in [1.82, 2.24) is 5.32 Å². The number of hydrogen-bond donors (Lipinski definition) is 1. The molecular formula is C11H13F2NO. The summed E-state index contributed by atoms with van der Waals surface area (Å²) >= 11 is 0. The van der Waals surface area contributed by atoms with Crippen molar-refractivity contribution >= 4 is 0 Å². The lowest BCUT2D eigenvalue weighted by molar-refractivity contribution is 0.348. The molecule has 1 aliphatic heterocycles. The topological polar surface area (TPSA) is 24.6 Å². The summed E-state index contributed by atoms with van der Waals surface area (Å²) in [6.45, 7) is 0.726. The van der Waals surface area contributed by atoms with Crippen LogP contribution < -0.4 is 5.32 Å². The van der Waals surface area contributed by atoms with Gasteiger partial charge in [-0.3, -0.25) is 0 Å². The van der Waals surface area contributed by atoms with E-state index in [1.54, 1.807) is 0 Å². The number of ether oxygens (including phenoxy) is 1. The molecule has 15 heavy (non-hydrogen) atoms. The van der Waals surface area contributed by atoms with E-state index < -0.39 is 11.6 Å². The number of rotatable bonds is 4. The van der Waals surface area contributed by atoms with Crippen LogP contribution in [-0.2, 0) is 11.2 Å². The summed E-state index contributed by atoms with van der Waals surface area (Å²) in [6.07, 6.45) is 0.761. The molecule has 0 saturated carbocycles. The largest absolute Gasteiger partial charge is 0.371 e. The highest BCUT2D eigenvalue weighted by Crippen LogP contribution is 2.18. The molecule has 1 aromatic carbocycles. The van der Waals surface area contributed by atoms with E-state index in [9.17, 15) is 8.78 Å². The molecule has 0 bridgehead atoms. The van der Waals surface area contributed by atoms with Gasteiger partial charge in [-0.2, -0.15) is 0 Å². The van der Waals surface area contributed by atoms with Gasteiger partial charge >= 0.3 is 0 Å². The second-order valence-corrected chi connectivity index (χ2v) is 3.75. The Hall–Kier alpha value is -1.00. The SMILES string of the molecule is CN[C@@H](Cc1cc(F)cc(F)c1)[C@H]1CO1. The van der Waals surface area contributed by atoms with Gasteiger partial charge in [0.05, 0.1) is 12.7 Å². The van der Waals surface area contributed by atoms with E-state index in [0.717, 1.165) is 12.7 Å². The van der Waals surface area contributed by atoms with Gasteiger partial charge in [0.15, 0.2) is 0 Å². The molecule has 0 aliphatic carbocycles. The Morgan fingerprint density at radius 1 is 1.40 bits per heavy atom. The molecular weight excluding hydrogens is 200 g/mol. The monoisotopic (exact) mass is 213 g/mol. The predicted molar refractivity (Wildman–Crippen MR) is 52.6 cm³/mol. The minimum absolute atomic E-state index is 0.131. The summed E-state index contributed by atoms with van der Waals surface area (Å²) in [4.78, 5) is 0. The smallest absolute Gasteiger partial charge is 0.126 e. The van der Waals surface area contributed by atoms with Crippen LogP contribution in [-0.4, -0.2) is 25.8 Å². The maximum Gasteiger partial charge on any atom is 0.126 e. The third kappa shape index (κ3) is 2.73. The lowest BCUT2D eigenvalue weighted by Crippen LogP contribution is -2.33. The Kier molecular flexibility index (Phi) is 2.98. The number of halogens is 2. The van der Waals surface area contributed by atoms with Crippen molar-refractivity contribution in [1.29, 1.82) is 0 Å². The van der Waals surface area contributed by atoms with Crippen molar-refractivity contribution in [3.8, 4) is 0 Å². The first-order chi connectivity index (χ1) is 7.19. The van der Waals surface area contributed by atoms with Gasteiger partial charge in [-0.15, -0.1) is 0 Å². The van der Waals surface area contributed by atoms with Crippen molar-refractivity contribution in [2.45, 2.75) is 18.6 Å². The summed E-state index contributed by atoms with van der Waals surface area (Å²) in [6, 6.07) is 3.73. The summed E-state index contributed by atoms with van der Waals surface area (Å²) in [7, 11) is 1.82. The van der Waals surface area contributed by atoms with Crippen LogP contribution in [0.15, 0.2) is 18.2 Å². The van der Waals surface area contributed by atoms with Crippen molar-refractivity contribution in [3.05, 3.63) is 35.4 Å². The summed E-state index contributed by atoms with van der Waals surface area (Å²) < 4.78 is 31.0. The average molecular weight is 213 g/mol. The van der Waals surface area contributed by atoms with E-state index in [4.69, 9.17) is 4.74 Å². The third-order valence-corrected chi connectivity index (χ3v) is 2.56. The Balaban J connectivity index is 2.08. The van der Waals surface area contributed by atoms with Crippen molar-refractivity contribution in [3.63, 3.8) is 0 Å². The van der Waals surface area contributed by atoms with Crippen LogP contribution >= 0.6 is 0 Å². The van der Waals surface area contributed by atoms with Gasteiger partial charge in [-0.05, 0) is 31.2 Å². The molecule has 0 unspecified atom stereocenters. The maximum atomic E-state index is 12.9. The van der Waals surface area contributed by atoms with Crippen LogP contribution in [0, 0.1) is 11.6 Å². The normalized spacial score (nSPS) is 21.4. The van der Waals surface area contributed by atoms with Crippen molar-refractivity contribution < 1.29 is 13.5 Å². The lowest BCUT2D eigenvalue weighted by atomic mass is 10.0. The van der Waals surface area contributed by atoms with Gasteiger partial charge in [-0.25, -0.2) is 8.78 Å². The minimum atomic E-state index is -0.531. The van der Waals surface area contributed by atoms with Gasteiger partial charge in [-0.1, -0.05) is 0 Å². The van der Waals surface area contributed by atoms with Gasteiger partial charge in [0.1, 0.15) is 11.6 Å². The van der Waals surface area contributed by atoms with E-state index in [1.165, 1.54) is 12.1 Å². The standard InChI is InChI=1S/C11H13F2NO/c1-14-10(11-6-15-11)4-7-2-8(12)5-9(13)3-7/h2-3,5,10-11,14H,4,6H2,1H3/t10-,11+/m0/s1. The van der Waals surface area contributed by atoms with Crippen molar-refractivity contribution in [2.75, 3.05) is 13.7 Å².